The van der Waals surface area contributed by atoms with Gasteiger partial charge in [0.15, 0.2) is 0 Å². The number of carboxylic acids is 1. The fourth-order valence-electron chi connectivity index (χ4n) is 1.64. The third kappa shape index (κ3) is 6.47. The van der Waals surface area contributed by atoms with Gasteiger partial charge >= 0.3 is 12.0 Å². The highest BCUT2D eigenvalue weighted by Gasteiger charge is 2.17. The molecule has 6 heteroatoms. The number of ether oxygens (including phenoxy) is 1. The minimum atomic E-state index is -1.10. The lowest BCUT2D eigenvalue weighted by Crippen LogP contribution is -2.46. The summed E-state index contributed by atoms with van der Waals surface area (Å²) in [6.07, 6.45) is 1.61. The van der Waals surface area contributed by atoms with Crippen LogP contribution in [0.2, 0.25) is 0 Å². The van der Waals surface area contributed by atoms with Gasteiger partial charge in [0, 0.05) is 0 Å². The van der Waals surface area contributed by atoms with Gasteiger partial charge in [-0.3, -0.25) is 0 Å². The monoisotopic (exact) mass is 292 g/mol. The molecule has 1 atom stereocenters. The number of aryl methyl sites for hydroxylation is 1. The number of amides is 2. The minimum absolute atomic E-state index is 0.169. The van der Waals surface area contributed by atoms with Crippen molar-refractivity contribution in [2.45, 2.75) is 19.4 Å². The van der Waals surface area contributed by atoms with Gasteiger partial charge in [-0.1, -0.05) is 18.2 Å². The van der Waals surface area contributed by atoms with Crippen LogP contribution in [-0.4, -0.2) is 36.3 Å². The number of hydrogen-bond acceptors (Lipinski definition) is 3. The van der Waals surface area contributed by atoms with Crippen molar-refractivity contribution < 1.29 is 19.4 Å². The van der Waals surface area contributed by atoms with E-state index in [4.69, 9.17) is 9.84 Å². The van der Waals surface area contributed by atoms with E-state index in [2.05, 4.69) is 17.2 Å². The van der Waals surface area contributed by atoms with Gasteiger partial charge < -0.3 is 20.5 Å². The average Bonchev–Trinajstić information content (AvgIpc) is 2.43. The Morgan fingerprint density at radius 2 is 2.24 bits per heavy atom. The lowest BCUT2D eigenvalue weighted by atomic mass is 10.2. The molecule has 0 fully saturated rings. The molecule has 3 N–H and O–H groups in total. The van der Waals surface area contributed by atoms with Gasteiger partial charge in [-0.25, -0.2) is 9.59 Å². The molecule has 21 heavy (non-hydrogen) atoms. The fourth-order valence-corrected chi connectivity index (χ4v) is 1.64. The topological polar surface area (TPSA) is 87.7 Å². The highest BCUT2D eigenvalue weighted by molar-refractivity contribution is 5.82. The molecule has 0 heterocycles. The summed E-state index contributed by atoms with van der Waals surface area (Å²) >= 11 is 0. The van der Waals surface area contributed by atoms with Gasteiger partial charge in [0.25, 0.3) is 0 Å². The Hall–Kier alpha value is -2.50. The van der Waals surface area contributed by atoms with Crippen LogP contribution in [0.3, 0.4) is 0 Å². The zero-order chi connectivity index (χ0) is 15.7. The third-order valence-corrected chi connectivity index (χ3v) is 2.65. The Bertz CT molecular complexity index is 502. The van der Waals surface area contributed by atoms with Crippen molar-refractivity contribution in [3.8, 4) is 5.75 Å². The number of carbonyl (C=O) groups is 2. The van der Waals surface area contributed by atoms with Gasteiger partial charge in [0.05, 0.1) is 6.54 Å². The number of nitrogens with one attached hydrogen (secondary N) is 2. The summed E-state index contributed by atoms with van der Waals surface area (Å²) < 4.78 is 5.46. The summed E-state index contributed by atoms with van der Waals surface area (Å²) in [4.78, 5) is 22.4. The summed E-state index contributed by atoms with van der Waals surface area (Å²) in [7, 11) is 0. The first-order valence-electron chi connectivity index (χ1n) is 6.60. The van der Waals surface area contributed by atoms with Crippen LogP contribution in [-0.2, 0) is 4.79 Å². The van der Waals surface area contributed by atoms with Gasteiger partial charge in [-0.15, -0.1) is 6.58 Å². The summed E-state index contributed by atoms with van der Waals surface area (Å²) in [6.45, 7) is 5.99. The fraction of sp³-hybridized carbons (Fsp3) is 0.333. The number of carbonyl (C=O) groups excluding carboxylic acids is 1. The van der Waals surface area contributed by atoms with Crippen molar-refractivity contribution in [1.82, 2.24) is 10.6 Å². The number of hydrogen-bond donors (Lipinski definition) is 3. The van der Waals surface area contributed by atoms with E-state index < -0.39 is 18.0 Å². The van der Waals surface area contributed by atoms with Gasteiger partial charge in [0.1, 0.15) is 18.4 Å². The SMILES string of the molecule is C=CCC(NC(=O)NCCOc1cccc(C)c1)C(=O)O. The predicted molar refractivity (Wildman–Crippen MR) is 79.4 cm³/mol. The predicted octanol–water partition coefficient (Wildman–Crippen LogP) is 1.70. The van der Waals surface area contributed by atoms with E-state index in [-0.39, 0.29) is 13.0 Å². The molecule has 6 nitrogen and oxygen atoms in total. The summed E-state index contributed by atoms with van der Waals surface area (Å²) in [5, 5.41) is 13.8. The Morgan fingerprint density at radius 1 is 1.48 bits per heavy atom. The molecule has 114 valence electrons. The van der Waals surface area contributed by atoms with Crippen LogP contribution in [0.15, 0.2) is 36.9 Å². The highest BCUT2D eigenvalue weighted by Crippen LogP contribution is 2.11. The zero-order valence-electron chi connectivity index (χ0n) is 12.0. The van der Waals surface area contributed by atoms with Crippen LogP contribution < -0.4 is 15.4 Å². The van der Waals surface area contributed by atoms with Crippen LogP contribution in [0.25, 0.3) is 0 Å². The maximum absolute atomic E-state index is 11.5. The minimum Gasteiger partial charge on any atom is -0.492 e. The van der Waals surface area contributed by atoms with E-state index in [0.717, 1.165) is 11.3 Å². The highest BCUT2D eigenvalue weighted by atomic mass is 16.5. The molecular weight excluding hydrogens is 272 g/mol. The van der Waals surface area contributed by atoms with Crippen molar-refractivity contribution in [2.75, 3.05) is 13.2 Å². The second-order valence-electron chi connectivity index (χ2n) is 4.48. The standard InChI is InChI=1S/C15H20N2O4/c1-3-5-13(14(18)19)17-15(20)16-8-9-21-12-7-4-6-11(2)10-12/h3-4,6-7,10,13H,1,5,8-9H2,2H3,(H,18,19)(H2,16,17,20). The van der Waals surface area contributed by atoms with E-state index in [1.807, 2.05) is 31.2 Å². The first-order chi connectivity index (χ1) is 10.0. The van der Waals surface area contributed by atoms with E-state index in [1.54, 1.807) is 0 Å². The number of benzene rings is 1. The molecule has 0 bridgehead atoms. The summed E-state index contributed by atoms with van der Waals surface area (Å²) in [5.41, 5.74) is 1.09. The van der Waals surface area contributed by atoms with Crippen LogP contribution in [0.4, 0.5) is 4.79 Å². The van der Waals surface area contributed by atoms with Crippen molar-refractivity contribution in [2.24, 2.45) is 0 Å². The van der Waals surface area contributed by atoms with E-state index in [9.17, 15) is 9.59 Å². The molecule has 0 saturated carbocycles. The van der Waals surface area contributed by atoms with Crippen LogP contribution in [0.5, 0.6) is 5.75 Å². The molecule has 1 aromatic carbocycles. The Kier molecular flexibility index (Phi) is 6.80. The quantitative estimate of drug-likeness (QED) is 0.503. The molecule has 0 aliphatic heterocycles. The first kappa shape index (κ1) is 16.6. The lowest BCUT2D eigenvalue weighted by Gasteiger charge is -2.13. The van der Waals surface area contributed by atoms with E-state index in [1.165, 1.54) is 6.08 Å². The summed E-state index contributed by atoms with van der Waals surface area (Å²) in [5.74, 6) is -0.367. The van der Waals surface area contributed by atoms with Gasteiger partial charge in [-0.2, -0.15) is 0 Å². The maximum Gasteiger partial charge on any atom is 0.326 e. The molecule has 0 radical (unpaired) electrons. The number of urea groups is 1. The van der Waals surface area contributed by atoms with E-state index >= 15 is 0 Å². The van der Waals surface area contributed by atoms with Crippen molar-refractivity contribution in [1.29, 1.82) is 0 Å². The molecule has 2 amide bonds. The van der Waals surface area contributed by atoms with Crippen molar-refractivity contribution in [3.63, 3.8) is 0 Å². The molecule has 0 aliphatic carbocycles. The molecule has 0 aromatic heterocycles. The molecule has 0 spiro atoms. The van der Waals surface area contributed by atoms with Crippen LogP contribution in [0.1, 0.15) is 12.0 Å². The van der Waals surface area contributed by atoms with Crippen molar-refractivity contribution in [3.05, 3.63) is 42.5 Å². The molecule has 1 unspecified atom stereocenters. The smallest absolute Gasteiger partial charge is 0.326 e. The largest absolute Gasteiger partial charge is 0.492 e. The first-order valence-corrected chi connectivity index (χ1v) is 6.60. The average molecular weight is 292 g/mol. The normalized spacial score (nSPS) is 11.3. The molecular formula is C15H20N2O4. The van der Waals surface area contributed by atoms with Crippen molar-refractivity contribution >= 4 is 12.0 Å². The maximum atomic E-state index is 11.5. The number of carboxylic acid groups (broad SMARTS) is 1. The second kappa shape index (κ2) is 8.63. The van der Waals surface area contributed by atoms with Crippen LogP contribution >= 0.6 is 0 Å². The van der Waals surface area contributed by atoms with Gasteiger partial charge in [-0.05, 0) is 31.0 Å². The molecule has 0 aliphatic rings. The third-order valence-electron chi connectivity index (χ3n) is 2.65. The summed E-state index contributed by atoms with van der Waals surface area (Å²) in [6, 6.07) is 6.06. The molecule has 1 aromatic rings. The Balaban J connectivity index is 2.27. The van der Waals surface area contributed by atoms with E-state index in [0.29, 0.717) is 6.61 Å². The number of rotatable bonds is 8. The molecule has 0 saturated heterocycles. The molecule has 1 rings (SSSR count). The Labute approximate surface area is 123 Å². The van der Waals surface area contributed by atoms with Crippen LogP contribution in [0, 0.1) is 6.92 Å². The Morgan fingerprint density at radius 3 is 2.86 bits per heavy atom. The number of aliphatic carboxylic acids is 1. The zero-order valence-corrected chi connectivity index (χ0v) is 12.0. The lowest BCUT2D eigenvalue weighted by molar-refractivity contribution is -0.139. The van der Waals surface area contributed by atoms with Gasteiger partial charge in [0.2, 0.25) is 0 Å². The second-order valence-corrected chi connectivity index (χ2v) is 4.48.